The summed E-state index contributed by atoms with van der Waals surface area (Å²) < 4.78 is 6.06. The van der Waals surface area contributed by atoms with Gasteiger partial charge in [-0.3, -0.25) is 4.79 Å². The molecule has 9 nitrogen and oxygen atoms in total. The van der Waals surface area contributed by atoms with Gasteiger partial charge in [0.1, 0.15) is 27.4 Å². The Morgan fingerprint density at radius 3 is 2.83 bits per heavy atom. The molecule has 4 heterocycles. The van der Waals surface area contributed by atoms with Gasteiger partial charge in [-0.25, -0.2) is 4.98 Å². The summed E-state index contributed by atoms with van der Waals surface area (Å²) in [5, 5.41) is 13.8. The third-order valence-corrected chi connectivity index (χ3v) is 7.50. The van der Waals surface area contributed by atoms with Gasteiger partial charge in [-0.15, -0.1) is 11.3 Å². The second-order valence-electron chi connectivity index (χ2n) is 8.82. The maximum Gasteiger partial charge on any atom is 0.259 e. The molecule has 35 heavy (non-hydrogen) atoms. The van der Waals surface area contributed by atoms with E-state index in [9.17, 15) is 10.1 Å². The molecule has 5 N–H and O–H groups in total. The van der Waals surface area contributed by atoms with Crippen molar-refractivity contribution in [2.24, 2.45) is 5.73 Å². The molecule has 1 aliphatic carbocycles. The number of carbonyl (C=O) groups excluding carboxylic acids is 1. The Labute approximate surface area is 207 Å². The number of amides is 1. The molecule has 0 aromatic carbocycles. The van der Waals surface area contributed by atoms with E-state index in [0.717, 1.165) is 44.7 Å². The number of piperazine rings is 1. The highest BCUT2D eigenvalue weighted by Gasteiger charge is 2.25. The van der Waals surface area contributed by atoms with Crippen LogP contribution in [-0.2, 0) is 0 Å². The molecule has 3 aliphatic rings. The van der Waals surface area contributed by atoms with Crippen LogP contribution in [0.3, 0.4) is 0 Å². The fraction of sp³-hybridized carbons (Fsp3) is 0.320. The van der Waals surface area contributed by atoms with E-state index in [1.165, 1.54) is 11.3 Å². The molecule has 0 radical (unpaired) electrons. The Morgan fingerprint density at radius 1 is 1.29 bits per heavy atom. The molecule has 0 bridgehead atoms. The number of nitrogen functional groups attached to an aromatic ring is 1. The monoisotopic (exact) mass is 489 g/mol. The maximum absolute atomic E-state index is 12.3. The number of primary amides is 1. The predicted molar refractivity (Wildman–Crippen MR) is 139 cm³/mol. The van der Waals surface area contributed by atoms with Crippen molar-refractivity contribution in [1.29, 1.82) is 5.26 Å². The highest BCUT2D eigenvalue weighted by atomic mass is 32.1. The number of hydrogen-bond acceptors (Lipinski definition) is 9. The number of carbonyl (C=O) groups is 1. The average Bonchev–Trinajstić information content (AvgIpc) is 3.45. The Bertz CT molecular complexity index is 1390. The van der Waals surface area contributed by atoms with E-state index in [0.29, 0.717) is 55.8 Å². The van der Waals surface area contributed by atoms with Crippen LogP contribution >= 0.6 is 11.3 Å². The molecule has 0 spiro atoms. The molecule has 0 saturated carbocycles. The summed E-state index contributed by atoms with van der Waals surface area (Å²) in [5.74, 6) is 0.900. The summed E-state index contributed by atoms with van der Waals surface area (Å²) in [5.41, 5.74) is 14.1. The second-order valence-corrected chi connectivity index (χ2v) is 9.82. The zero-order valence-corrected chi connectivity index (χ0v) is 20.3. The molecule has 2 aromatic heterocycles. The van der Waals surface area contributed by atoms with Crippen LogP contribution in [-0.4, -0.2) is 67.0 Å². The lowest BCUT2D eigenvalue weighted by molar-refractivity contribution is 0.100. The van der Waals surface area contributed by atoms with Crippen LogP contribution in [0.4, 0.5) is 11.5 Å². The van der Waals surface area contributed by atoms with Crippen LogP contribution in [0, 0.1) is 11.3 Å². The number of pyridine rings is 1. The van der Waals surface area contributed by atoms with Crippen molar-refractivity contribution in [2.75, 3.05) is 57.4 Å². The number of nitrogens with zero attached hydrogens (tertiary/aromatic N) is 4. The van der Waals surface area contributed by atoms with Crippen molar-refractivity contribution < 1.29 is 9.21 Å². The fourth-order valence-corrected chi connectivity index (χ4v) is 5.46. The Balaban J connectivity index is 1.44. The number of nitrogens with one attached hydrogen (secondary N) is 1. The number of fused-ring (bicyclic) bond motifs is 2. The van der Waals surface area contributed by atoms with Gasteiger partial charge in [0, 0.05) is 43.7 Å². The second kappa shape index (κ2) is 9.54. The van der Waals surface area contributed by atoms with Gasteiger partial charge in [-0.05, 0) is 38.2 Å². The first kappa shape index (κ1) is 23.1. The predicted octanol–water partition coefficient (Wildman–Crippen LogP) is 3.26. The van der Waals surface area contributed by atoms with Crippen molar-refractivity contribution in [3.05, 3.63) is 40.8 Å². The third kappa shape index (κ3) is 4.53. The third-order valence-electron chi connectivity index (χ3n) is 6.39. The van der Waals surface area contributed by atoms with Crippen molar-refractivity contribution >= 4 is 39.0 Å². The van der Waals surface area contributed by atoms with Crippen LogP contribution in [0.1, 0.15) is 21.7 Å². The first-order chi connectivity index (χ1) is 16.9. The van der Waals surface area contributed by atoms with Gasteiger partial charge in [0.15, 0.2) is 5.76 Å². The van der Waals surface area contributed by atoms with Crippen molar-refractivity contribution in [3.63, 3.8) is 0 Å². The van der Waals surface area contributed by atoms with E-state index >= 15 is 0 Å². The lowest BCUT2D eigenvalue weighted by Crippen LogP contribution is -2.44. The van der Waals surface area contributed by atoms with Crippen LogP contribution in [0.25, 0.3) is 32.9 Å². The molecule has 1 amide bonds. The first-order valence-electron chi connectivity index (χ1n) is 11.5. The molecule has 0 atom stereocenters. The molecule has 1 saturated heterocycles. The van der Waals surface area contributed by atoms with Gasteiger partial charge in [0.25, 0.3) is 5.91 Å². The lowest BCUT2D eigenvalue weighted by Gasteiger charge is -2.32. The summed E-state index contributed by atoms with van der Waals surface area (Å²) in [6.45, 7) is 6.00. The van der Waals surface area contributed by atoms with Crippen LogP contribution < -0.4 is 16.8 Å². The van der Waals surface area contributed by atoms with Crippen LogP contribution in [0.2, 0.25) is 0 Å². The summed E-state index contributed by atoms with van der Waals surface area (Å²) in [7, 11) is 2.15. The Hall–Kier alpha value is -3.65. The molecule has 2 aromatic rings. The summed E-state index contributed by atoms with van der Waals surface area (Å²) in [4.78, 5) is 22.7. The van der Waals surface area contributed by atoms with Crippen molar-refractivity contribution in [2.45, 2.75) is 6.42 Å². The van der Waals surface area contributed by atoms with E-state index in [2.05, 4.69) is 33.2 Å². The fourth-order valence-electron chi connectivity index (χ4n) is 4.45. The van der Waals surface area contributed by atoms with Crippen molar-refractivity contribution in [3.8, 4) is 28.7 Å². The standard InChI is InChI=1S/C25H27N7O2S/c1-31-8-10-32(11-9-31)7-3-6-29-24-16(14-26)12-17-20(22(23(28)33)35-25(17)30-24)21-18(27)13-15-4-2-5-19(15)34-21/h2,4-5,12-13H,3,6-11,27H2,1H3,(H2,28,33)(H,29,30). The number of likely N-dealkylation sites (N-methyl/N-ethyl adjacent to an activating group) is 1. The average molecular weight is 490 g/mol. The number of nitriles is 1. The topological polar surface area (TPSA) is 137 Å². The van der Waals surface area contributed by atoms with Gasteiger partial charge in [0.2, 0.25) is 0 Å². The van der Waals surface area contributed by atoms with E-state index in [1.54, 1.807) is 12.1 Å². The zero-order chi connectivity index (χ0) is 24.5. The highest BCUT2D eigenvalue weighted by Crippen LogP contribution is 2.43. The SMILES string of the molecule is CN1CCN(CCCNc2nc3sc(C(N)=O)c(-c4oc5cccc-5cc4N)c3cc2C#N)CC1. The molecule has 0 unspecified atom stereocenters. The van der Waals surface area contributed by atoms with Crippen molar-refractivity contribution in [1.82, 2.24) is 14.8 Å². The molecule has 180 valence electrons. The van der Waals surface area contributed by atoms with Gasteiger partial charge in [-0.1, -0.05) is 12.1 Å². The normalized spacial score (nSPS) is 15.0. The summed E-state index contributed by atoms with van der Waals surface area (Å²) >= 11 is 1.17. The largest absolute Gasteiger partial charge is 0.454 e. The Kier molecular flexibility index (Phi) is 6.30. The lowest BCUT2D eigenvalue weighted by atomic mass is 10.0. The summed E-state index contributed by atoms with van der Waals surface area (Å²) in [6.07, 6.45) is 0.936. The molecule has 5 rings (SSSR count). The van der Waals surface area contributed by atoms with E-state index in [1.807, 2.05) is 18.2 Å². The number of thiophene rings is 1. The first-order valence-corrected chi connectivity index (χ1v) is 12.4. The van der Waals surface area contributed by atoms with Gasteiger partial charge in [0.05, 0.1) is 16.8 Å². The molecule has 10 heteroatoms. The zero-order valence-electron chi connectivity index (χ0n) is 19.5. The highest BCUT2D eigenvalue weighted by molar-refractivity contribution is 7.21. The van der Waals surface area contributed by atoms with Gasteiger partial charge >= 0.3 is 0 Å². The van der Waals surface area contributed by atoms with E-state index in [4.69, 9.17) is 15.9 Å². The Morgan fingerprint density at radius 2 is 2.09 bits per heavy atom. The molecule has 2 aliphatic heterocycles. The minimum Gasteiger partial charge on any atom is -0.454 e. The van der Waals surface area contributed by atoms with E-state index < -0.39 is 5.91 Å². The molecular formula is C25H27N7O2S. The molecular weight excluding hydrogens is 462 g/mol. The van der Waals surface area contributed by atoms with Gasteiger partial charge in [-0.2, -0.15) is 5.26 Å². The number of nitrogens with two attached hydrogens (primary N) is 2. The molecule has 1 fully saturated rings. The number of anilines is 2. The number of aromatic nitrogens is 1. The smallest absolute Gasteiger partial charge is 0.259 e. The van der Waals surface area contributed by atoms with Crippen LogP contribution in [0.15, 0.2) is 34.7 Å². The number of rotatable bonds is 7. The summed E-state index contributed by atoms with van der Waals surface area (Å²) in [6, 6.07) is 11.4. The van der Waals surface area contributed by atoms with E-state index in [-0.39, 0.29) is 0 Å². The maximum atomic E-state index is 12.3. The minimum absolute atomic E-state index is 0.296. The van der Waals surface area contributed by atoms with Gasteiger partial charge < -0.3 is 31.0 Å². The minimum atomic E-state index is -0.597. The number of hydrogen-bond donors (Lipinski definition) is 3. The van der Waals surface area contributed by atoms with Crippen LogP contribution in [0.5, 0.6) is 0 Å². The quantitative estimate of drug-likeness (QED) is 0.336.